The second kappa shape index (κ2) is 5.43. The lowest BCUT2D eigenvalue weighted by molar-refractivity contribution is -0.121. The topological polar surface area (TPSA) is 87.5 Å². The highest BCUT2D eigenvalue weighted by Gasteiger charge is 2.15. The van der Waals surface area contributed by atoms with E-state index in [1.165, 1.54) is 0 Å². The van der Waals surface area contributed by atoms with Crippen molar-refractivity contribution in [3.63, 3.8) is 0 Å². The fourth-order valence-electron chi connectivity index (χ4n) is 1.09. The third-order valence-electron chi connectivity index (χ3n) is 2.08. The fraction of sp³-hybridized carbons (Fsp3) is 0.750. The van der Waals surface area contributed by atoms with Gasteiger partial charge in [0.25, 0.3) is 0 Å². The molecule has 0 unspecified atom stereocenters. The Morgan fingerprint density at radius 3 is 2.21 bits per heavy atom. The Hall–Kier alpha value is -1.30. The molecule has 14 heavy (non-hydrogen) atoms. The monoisotopic (exact) mass is 200 g/mol. The number of carbonyl (C=O) groups is 2. The number of nitrogens with two attached hydrogens (primary N) is 1. The highest BCUT2D eigenvalue weighted by molar-refractivity contribution is 5.78. The van der Waals surface area contributed by atoms with Crippen molar-refractivity contribution in [2.24, 2.45) is 5.73 Å². The van der Waals surface area contributed by atoms with Crippen molar-refractivity contribution in [3.8, 4) is 0 Å². The van der Waals surface area contributed by atoms with Crippen LogP contribution in [0.15, 0.2) is 0 Å². The molecule has 2 rings (SSSR count). The van der Waals surface area contributed by atoms with Crippen LogP contribution in [-0.2, 0) is 4.79 Å². The van der Waals surface area contributed by atoms with E-state index < -0.39 is 0 Å². The maximum atomic E-state index is 10.3. The Balaban J connectivity index is 0.000000140. The SMILES string of the molecule is NC(=O)N1CCC1.O=C1CNCCN1. The first-order valence-electron chi connectivity index (χ1n) is 4.72. The van der Waals surface area contributed by atoms with Crippen LogP contribution in [0.1, 0.15) is 6.42 Å². The molecular formula is C8H16N4O2. The van der Waals surface area contributed by atoms with Gasteiger partial charge in [0.15, 0.2) is 0 Å². The lowest BCUT2D eigenvalue weighted by Crippen LogP contribution is -2.45. The first-order valence-corrected chi connectivity index (χ1v) is 4.72. The van der Waals surface area contributed by atoms with Crippen LogP contribution in [0.2, 0.25) is 0 Å². The van der Waals surface area contributed by atoms with Crippen LogP contribution in [0.4, 0.5) is 4.79 Å². The lowest BCUT2D eigenvalue weighted by Gasteiger charge is -2.28. The van der Waals surface area contributed by atoms with E-state index in [9.17, 15) is 9.59 Å². The first-order chi connectivity index (χ1) is 6.70. The van der Waals surface area contributed by atoms with Gasteiger partial charge >= 0.3 is 6.03 Å². The Morgan fingerprint density at radius 1 is 1.36 bits per heavy atom. The number of hydrogen-bond donors (Lipinski definition) is 3. The molecule has 0 aromatic rings. The minimum absolute atomic E-state index is 0.103. The number of hydrogen-bond acceptors (Lipinski definition) is 3. The molecule has 2 heterocycles. The summed E-state index contributed by atoms with van der Waals surface area (Å²) < 4.78 is 0. The van der Waals surface area contributed by atoms with Crippen molar-refractivity contribution >= 4 is 11.9 Å². The number of likely N-dealkylation sites (tertiary alicyclic amines) is 1. The third-order valence-corrected chi connectivity index (χ3v) is 2.08. The molecular weight excluding hydrogens is 184 g/mol. The standard InChI is InChI=1S/2C4H8N2O/c7-4-3-5-1-2-6-4;5-4(7)6-2-1-3-6/h5H,1-3H2,(H,6,7);1-3H2,(H2,5,7). The molecule has 2 fully saturated rings. The molecule has 2 aliphatic rings. The minimum atomic E-state index is -0.286. The Morgan fingerprint density at radius 2 is 2.07 bits per heavy atom. The second-order valence-corrected chi connectivity index (χ2v) is 3.21. The number of rotatable bonds is 0. The zero-order valence-electron chi connectivity index (χ0n) is 8.08. The quantitative estimate of drug-likeness (QED) is 0.443. The molecule has 0 saturated carbocycles. The summed E-state index contributed by atoms with van der Waals surface area (Å²) in [6.07, 6.45) is 1.11. The minimum Gasteiger partial charge on any atom is -0.354 e. The highest BCUT2D eigenvalue weighted by atomic mass is 16.2. The normalized spacial score (nSPS) is 20.0. The number of nitrogens with one attached hydrogen (secondary N) is 2. The summed E-state index contributed by atoms with van der Waals surface area (Å²) in [5.41, 5.74) is 4.88. The Labute approximate surface area is 82.8 Å². The van der Waals surface area contributed by atoms with Gasteiger partial charge in [0.2, 0.25) is 5.91 Å². The van der Waals surface area contributed by atoms with Crippen molar-refractivity contribution in [2.45, 2.75) is 6.42 Å². The van der Waals surface area contributed by atoms with Gasteiger partial charge in [-0.05, 0) is 6.42 Å². The van der Waals surface area contributed by atoms with Gasteiger partial charge in [0, 0.05) is 26.2 Å². The number of nitrogens with zero attached hydrogens (tertiary/aromatic N) is 1. The van der Waals surface area contributed by atoms with Crippen LogP contribution in [0.5, 0.6) is 0 Å². The Kier molecular flexibility index (Phi) is 4.18. The zero-order valence-corrected chi connectivity index (χ0v) is 8.08. The molecule has 0 aliphatic carbocycles. The van der Waals surface area contributed by atoms with Gasteiger partial charge in [-0.3, -0.25) is 4.79 Å². The summed E-state index contributed by atoms with van der Waals surface area (Å²) in [6, 6.07) is -0.286. The first kappa shape index (κ1) is 10.8. The van der Waals surface area contributed by atoms with E-state index in [1.807, 2.05) is 0 Å². The maximum absolute atomic E-state index is 10.3. The van der Waals surface area contributed by atoms with Crippen LogP contribution < -0.4 is 16.4 Å². The zero-order chi connectivity index (χ0) is 10.4. The fourth-order valence-corrected chi connectivity index (χ4v) is 1.09. The molecule has 6 nitrogen and oxygen atoms in total. The average molecular weight is 200 g/mol. The Bertz CT molecular complexity index is 205. The number of carbonyl (C=O) groups excluding carboxylic acids is 2. The second-order valence-electron chi connectivity index (χ2n) is 3.21. The van der Waals surface area contributed by atoms with E-state index in [2.05, 4.69) is 10.6 Å². The largest absolute Gasteiger partial charge is 0.354 e. The van der Waals surface area contributed by atoms with Gasteiger partial charge in [0.1, 0.15) is 0 Å². The van der Waals surface area contributed by atoms with Gasteiger partial charge < -0.3 is 21.3 Å². The summed E-state index contributed by atoms with van der Waals surface area (Å²) >= 11 is 0. The summed E-state index contributed by atoms with van der Waals surface area (Å²) in [7, 11) is 0. The van der Waals surface area contributed by atoms with Gasteiger partial charge in [-0.2, -0.15) is 0 Å². The molecule has 0 atom stereocenters. The number of piperazine rings is 1. The molecule has 2 saturated heterocycles. The van der Waals surface area contributed by atoms with Crippen LogP contribution in [0.25, 0.3) is 0 Å². The molecule has 80 valence electrons. The predicted molar refractivity (Wildman–Crippen MR) is 51.7 cm³/mol. The highest BCUT2D eigenvalue weighted by Crippen LogP contribution is 2.02. The number of primary amides is 1. The van der Waals surface area contributed by atoms with Crippen molar-refractivity contribution in [3.05, 3.63) is 0 Å². The van der Waals surface area contributed by atoms with Crippen LogP contribution in [0.3, 0.4) is 0 Å². The van der Waals surface area contributed by atoms with E-state index in [4.69, 9.17) is 5.73 Å². The summed E-state index contributed by atoms with van der Waals surface area (Å²) in [5.74, 6) is 0.103. The van der Waals surface area contributed by atoms with Crippen LogP contribution in [0, 0.1) is 0 Å². The van der Waals surface area contributed by atoms with Gasteiger partial charge in [0.05, 0.1) is 6.54 Å². The molecule has 6 heteroatoms. The summed E-state index contributed by atoms with van der Waals surface area (Å²) in [6.45, 7) is 3.88. The van der Waals surface area contributed by atoms with Gasteiger partial charge in [-0.15, -0.1) is 0 Å². The number of amides is 3. The average Bonchev–Trinajstić information content (AvgIpc) is 2.02. The van der Waals surface area contributed by atoms with Crippen molar-refractivity contribution in [1.82, 2.24) is 15.5 Å². The number of urea groups is 1. The molecule has 2 aliphatic heterocycles. The van der Waals surface area contributed by atoms with E-state index in [-0.39, 0.29) is 11.9 Å². The van der Waals surface area contributed by atoms with E-state index >= 15 is 0 Å². The van der Waals surface area contributed by atoms with E-state index in [1.54, 1.807) is 4.90 Å². The van der Waals surface area contributed by atoms with Crippen LogP contribution >= 0.6 is 0 Å². The lowest BCUT2D eigenvalue weighted by atomic mass is 10.2. The van der Waals surface area contributed by atoms with Gasteiger partial charge in [-0.25, -0.2) is 4.79 Å². The third kappa shape index (κ3) is 3.61. The molecule has 4 N–H and O–H groups in total. The maximum Gasteiger partial charge on any atom is 0.314 e. The molecule has 0 spiro atoms. The van der Waals surface area contributed by atoms with Gasteiger partial charge in [-0.1, -0.05) is 0 Å². The van der Waals surface area contributed by atoms with E-state index in [0.717, 1.165) is 32.6 Å². The van der Waals surface area contributed by atoms with Crippen molar-refractivity contribution in [1.29, 1.82) is 0 Å². The van der Waals surface area contributed by atoms with Crippen molar-refractivity contribution < 1.29 is 9.59 Å². The molecule has 0 radical (unpaired) electrons. The van der Waals surface area contributed by atoms with Crippen LogP contribution in [-0.4, -0.2) is 49.6 Å². The smallest absolute Gasteiger partial charge is 0.314 e. The predicted octanol–water partition coefficient (Wildman–Crippen LogP) is -1.52. The van der Waals surface area contributed by atoms with Crippen molar-refractivity contribution in [2.75, 3.05) is 32.7 Å². The van der Waals surface area contributed by atoms with E-state index in [0.29, 0.717) is 6.54 Å². The molecule has 3 amide bonds. The summed E-state index contributed by atoms with van der Waals surface area (Å²) in [5, 5.41) is 5.60. The molecule has 0 aromatic heterocycles. The molecule has 0 aromatic carbocycles. The molecule has 0 bridgehead atoms. The summed E-state index contributed by atoms with van der Waals surface area (Å²) in [4.78, 5) is 22.0.